The van der Waals surface area contributed by atoms with Crippen molar-refractivity contribution >= 4 is 17.3 Å². The van der Waals surface area contributed by atoms with Crippen molar-refractivity contribution in [1.29, 1.82) is 0 Å². The van der Waals surface area contributed by atoms with Crippen molar-refractivity contribution in [2.45, 2.75) is 46.7 Å². The summed E-state index contributed by atoms with van der Waals surface area (Å²) in [5.74, 6) is 0.724. The second kappa shape index (κ2) is 8.33. The molecule has 0 radical (unpaired) electrons. The largest absolute Gasteiger partial charge is 0.465 e. The highest BCUT2D eigenvalue weighted by molar-refractivity contribution is 7.09. The highest BCUT2D eigenvalue weighted by atomic mass is 32.1. The molecule has 1 N–H and O–H groups in total. The van der Waals surface area contributed by atoms with Crippen LogP contribution >= 0.6 is 11.3 Å². The molecular formula is C15H25NO2S. The maximum Gasteiger partial charge on any atom is 0.323 e. The van der Waals surface area contributed by atoms with E-state index in [1.54, 1.807) is 11.3 Å². The Morgan fingerprint density at radius 2 is 2.16 bits per heavy atom. The third-order valence-electron chi connectivity index (χ3n) is 3.03. The predicted octanol–water partition coefficient (Wildman–Crippen LogP) is 3.45. The molecule has 0 aliphatic heterocycles. The molecule has 1 aromatic rings. The molecule has 19 heavy (non-hydrogen) atoms. The molecule has 0 fully saturated rings. The minimum atomic E-state index is -0.218. The zero-order valence-electron chi connectivity index (χ0n) is 12.3. The van der Waals surface area contributed by atoms with E-state index in [2.05, 4.69) is 32.2 Å². The van der Waals surface area contributed by atoms with E-state index in [0.29, 0.717) is 12.5 Å². The maximum atomic E-state index is 12.0. The van der Waals surface area contributed by atoms with E-state index in [9.17, 15) is 4.79 Å². The smallest absolute Gasteiger partial charge is 0.323 e. The Bertz CT molecular complexity index is 362. The highest BCUT2D eigenvalue weighted by Crippen LogP contribution is 2.17. The quantitative estimate of drug-likeness (QED) is 0.743. The van der Waals surface area contributed by atoms with Gasteiger partial charge >= 0.3 is 5.97 Å². The number of ether oxygens (including phenoxy) is 1. The van der Waals surface area contributed by atoms with Crippen molar-refractivity contribution < 1.29 is 9.53 Å². The van der Waals surface area contributed by atoms with Gasteiger partial charge in [-0.15, -0.1) is 11.3 Å². The number of rotatable bonds is 8. The molecule has 1 heterocycles. The third kappa shape index (κ3) is 5.74. The van der Waals surface area contributed by atoms with Crippen LogP contribution in [0.3, 0.4) is 0 Å². The van der Waals surface area contributed by atoms with E-state index in [1.807, 2.05) is 18.4 Å². The van der Waals surface area contributed by atoms with E-state index in [1.165, 1.54) is 4.88 Å². The normalized spacial score (nSPS) is 14.4. The summed E-state index contributed by atoms with van der Waals surface area (Å²) >= 11 is 1.70. The van der Waals surface area contributed by atoms with Gasteiger partial charge in [0.1, 0.15) is 6.04 Å². The monoisotopic (exact) mass is 283 g/mol. The Hall–Kier alpha value is -0.870. The van der Waals surface area contributed by atoms with Gasteiger partial charge in [-0.2, -0.15) is 0 Å². The van der Waals surface area contributed by atoms with Gasteiger partial charge in [0.25, 0.3) is 0 Å². The number of nitrogens with one attached hydrogen (secondary N) is 1. The van der Waals surface area contributed by atoms with Crippen LogP contribution in [0.2, 0.25) is 0 Å². The van der Waals surface area contributed by atoms with E-state index in [4.69, 9.17) is 4.74 Å². The average Bonchev–Trinajstić information content (AvgIpc) is 2.81. The third-order valence-corrected chi connectivity index (χ3v) is 3.91. The van der Waals surface area contributed by atoms with Crippen molar-refractivity contribution in [1.82, 2.24) is 5.32 Å². The van der Waals surface area contributed by atoms with Gasteiger partial charge < -0.3 is 4.74 Å². The summed E-state index contributed by atoms with van der Waals surface area (Å²) in [6.07, 6.45) is 1.01. The molecule has 0 spiro atoms. The first-order chi connectivity index (χ1) is 9.04. The van der Waals surface area contributed by atoms with Crippen LogP contribution in [-0.2, 0) is 16.1 Å². The molecule has 4 heteroatoms. The Balaban J connectivity index is 2.60. The summed E-state index contributed by atoms with van der Waals surface area (Å²) in [6, 6.07) is 3.88. The minimum absolute atomic E-state index is 0.132. The topological polar surface area (TPSA) is 38.3 Å². The van der Waals surface area contributed by atoms with Crippen molar-refractivity contribution in [2.24, 2.45) is 11.8 Å². The first-order valence-electron chi connectivity index (χ1n) is 6.97. The predicted molar refractivity (Wildman–Crippen MR) is 80.2 cm³/mol. The van der Waals surface area contributed by atoms with Gasteiger partial charge in [0.15, 0.2) is 0 Å². The molecule has 0 amide bonds. The first kappa shape index (κ1) is 16.2. The number of carbonyl (C=O) groups is 1. The van der Waals surface area contributed by atoms with Crippen molar-refractivity contribution in [3.63, 3.8) is 0 Å². The lowest BCUT2D eigenvalue weighted by molar-refractivity contribution is -0.147. The summed E-state index contributed by atoms with van der Waals surface area (Å²) < 4.78 is 5.18. The van der Waals surface area contributed by atoms with Gasteiger partial charge in [0, 0.05) is 11.4 Å². The van der Waals surface area contributed by atoms with Gasteiger partial charge in [-0.25, -0.2) is 0 Å². The van der Waals surface area contributed by atoms with E-state index >= 15 is 0 Å². The second-order valence-electron chi connectivity index (χ2n) is 5.30. The fourth-order valence-electron chi connectivity index (χ4n) is 2.25. The van der Waals surface area contributed by atoms with Crippen LogP contribution in [0.5, 0.6) is 0 Å². The lowest BCUT2D eigenvalue weighted by atomic mass is 9.92. The lowest BCUT2D eigenvalue weighted by Gasteiger charge is -2.24. The zero-order chi connectivity index (χ0) is 14.3. The SMILES string of the molecule is CCOC(=O)C(NCc1cccs1)C(C)CC(C)C. The van der Waals surface area contributed by atoms with Gasteiger partial charge in [-0.3, -0.25) is 10.1 Å². The minimum Gasteiger partial charge on any atom is -0.465 e. The van der Waals surface area contributed by atoms with E-state index in [-0.39, 0.29) is 17.9 Å². The van der Waals surface area contributed by atoms with Crippen molar-refractivity contribution in [3.8, 4) is 0 Å². The van der Waals surface area contributed by atoms with Gasteiger partial charge in [-0.05, 0) is 36.6 Å². The van der Waals surface area contributed by atoms with Crippen LogP contribution in [0.4, 0.5) is 0 Å². The van der Waals surface area contributed by atoms with Crippen molar-refractivity contribution in [3.05, 3.63) is 22.4 Å². The van der Waals surface area contributed by atoms with Crippen LogP contribution in [-0.4, -0.2) is 18.6 Å². The molecule has 2 atom stereocenters. The number of hydrogen-bond acceptors (Lipinski definition) is 4. The fraction of sp³-hybridized carbons (Fsp3) is 0.667. The molecule has 0 aliphatic rings. The van der Waals surface area contributed by atoms with Crippen LogP contribution < -0.4 is 5.32 Å². The summed E-state index contributed by atoms with van der Waals surface area (Å²) in [7, 11) is 0. The molecule has 1 aromatic heterocycles. The summed E-state index contributed by atoms with van der Waals surface area (Å²) in [4.78, 5) is 13.3. The zero-order valence-corrected chi connectivity index (χ0v) is 13.1. The molecular weight excluding hydrogens is 258 g/mol. The standard InChI is InChI=1S/C15H25NO2S/c1-5-18-15(17)14(12(4)9-11(2)3)16-10-13-7-6-8-19-13/h6-8,11-12,14,16H,5,9-10H2,1-4H3. The Morgan fingerprint density at radius 3 is 2.68 bits per heavy atom. The molecule has 108 valence electrons. The summed E-state index contributed by atoms with van der Waals surface area (Å²) in [6.45, 7) is 9.48. The Kier molecular flexibility index (Phi) is 7.10. The van der Waals surface area contributed by atoms with Crippen LogP contribution in [0.15, 0.2) is 17.5 Å². The van der Waals surface area contributed by atoms with Gasteiger partial charge in [0.05, 0.1) is 6.61 Å². The molecule has 0 aliphatic carbocycles. The molecule has 3 nitrogen and oxygen atoms in total. The average molecular weight is 283 g/mol. The second-order valence-corrected chi connectivity index (χ2v) is 6.33. The maximum absolute atomic E-state index is 12.0. The number of thiophene rings is 1. The molecule has 0 aromatic carbocycles. The number of carbonyl (C=O) groups excluding carboxylic acids is 1. The Morgan fingerprint density at radius 1 is 1.42 bits per heavy atom. The highest BCUT2D eigenvalue weighted by Gasteiger charge is 2.26. The molecule has 0 saturated carbocycles. The molecule has 0 saturated heterocycles. The summed E-state index contributed by atoms with van der Waals surface area (Å²) in [5, 5.41) is 5.40. The summed E-state index contributed by atoms with van der Waals surface area (Å²) in [5.41, 5.74) is 0. The number of esters is 1. The molecule has 0 bridgehead atoms. The lowest BCUT2D eigenvalue weighted by Crippen LogP contribution is -2.43. The van der Waals surface area contributed by atoms with Crippen LogP contribution in [0.1, 0.15) is 39.0 Å². The fourth-order valence-corrected chi connectivity index (χ4v) is 2.91. The van der Waals surface area contributed by atoms with Crippen LogP contribution in [0, 0.1) is 11.8 Å². The molecule has 1 rings (SSSR count). The van der Waals surface area contributed by atoms with Crippen molar-refractivity contribution in [2.75, 3.05) is 6.61 Å². The van der Waals surface area contributed by atoms with E-state index in [0.717, 1.165) is 13.0 Å². The van der Waals surface area contributed by atoms with E-state index < -0.39 is 0 Å². The van der Waals surface area contributed by atoms with Crippen LogP contribution in [0.25, 0.3) is 0 Å². The van der Waals surface area contributed by atoms with Gasteiger partial charge in [-0.1, -0.05) is 26.8 Å². The molecule has 2 unspecified atom stereocenters. The Labute approximate surface area is 120 Å². The van der Waals surface area contributed by atoms with Gasteiger partial charge in [0.2, 0.25) is 0 Å². The first-order valence-corrected chi connectivity index (χ1v) is 7.85. The number of hydrogen-bond donors (Lipinski definition) is 1.